The molecule has 0 saturated carbocycles. The number of rotatable bonds is 15. The van der Waals surface area contributed by atoms with Crippen LogP contribution in [0.5, 0.6) is 11.5 Å². The Kier molecular flexibility index (Phi) is 13.2. The van der Waals surface area contributed by atoms with Gasteiger partial charge in [0.1, 0.15) is 12.6 Å². The molecule has 4 aromatic rings. The molecule has 0 spiro atoms. The summed E-state index contributed by atoms with van der Waals surface area (Å²) in [4.78, 5) is 30.1. The molecular formula is C38H43Cl2N3O6S. The van der Waals surface area contributed by atoms with Crippen LogP contribution >= 0.6 is 23.2 Å². The van der Waals surface area contributed by atoms with Crippen LogP contribution in [0.4, 0.5) is 5.69 Å². The number of methoxy groups -OCH3 is 2. The van der Waals surface area contributed by atoms with Crippen molar-refractivity contribution in [2.75, 3.05) is 31.6 Å². The number of carbonyl (C=O) groups excluding carboxylic acids is 2. The van der Waals surface area contributed by atoms with Crippen LogP contribution < -0.4 is 19.1 Å². The minimum absolute atomic E-state index is 0.113. The van der Waals surface area contributed by atoms with E-state index in [9.17, 15) is 18.0 Å². The lowest BCUT2D eigenvalue weighted by molar-refractivity contribution is -0.140. The molecule has 4 rings (SSSR count). The van der Waals surface area contributed by atoms with Crippen LogP contribution in [0, 0.1) is 19.8 Å². The maximum atomic E-state index is 14.8. The number of ether oxygens (including phenoxy) is 2. The number of carbonyl (C=O) groups is 2. The van der Waals surface area contributed by atoms with Gasteiger partial charge >= 0.3 is 0 Å². The standard InChI is InChI=1S/C38H43Cl2N3O6S/c1-25(2)22-41-38(45)34(20-28-11-8-7-9-12-28)42(23-31-32(39)13-10-14-33(31)40)37(44)24-43(29-18-26(3)17-27(4)19-29)50(46,47)30-15-16-35(48-5)36(21-30)49-6/h7-19,21,25,34H,20,22-24H2,1-6H3,(H,41,45). The zero-order valence-corrected chi connectivity index (χ0v) is 31.4. The first-order chi connectivity index (χ1) is 23.7. The van der Waals surface area contributed by atoms with E-state index in [-0.39, 0.29) is 41.1 Å². The van der Waals surface area contributed by atoms with Crippen molar-refractivity contribution < 1.29 is 27.5 Å². The fourth-order valence-corrected chi connectivity index (χ4v) is 7.49. The first-order valence-electron chi connectivity index (χ1n) is 16.1. The Morgan fingerprint density at radius 3 is 2.02 bits per heavy atom. The van der Waals surface area contributed by atoms with Gasteiger partial charge < -0.3 is 19.7 Å². The molecule has 0 heterocycles. The third-order valence-electron chi connectivity index (χ3n) is 8.06. The first kappa shape index (κ1) is 38.6. The van der Waals surface area contributed by atoms with E-state index in [1.807, 2.05) is 64.1 Å². The highest BCUT2D eigenvalue weighted by Crippen LogP contribution is 2.34. The first-order valence-corrected chi connectivity index (χ1v) is 18.3. The van der Waals surface area contributed by atoms with Crippen LogP contribution in [-0.4, -0.2) is 58.5 Å². The summed E-state index contributed by atoms with van der Waals surface area (Å²) in [5, 5.41) is 3.59. The highest BCUT2D eigenvalue weighted by molar-refractivity contribution is 7.92. The normalized spacial score (nSPS) is 11.9. The maximum absolute atomic E-state index is 14.8. The van der Waals surface area contributed by atoms with Gasteiger partial charge in [-0.1, -0.05) is 79.5 Å². The van der Waals surface area contributed by atoms with E-state index in [1.54, 1.807) is 30.3 Å². The summed E-state index contributed by atoms with van der Waals surface area (Å²) in [5.74, 6) is -0.325. The van der Waals surface area contributed by atoms with Crippen LogP contribution in [0.15, 0.2) is 89.8 Å². The summed E-state index contributed by atoms with van der Waals surface area (Å²) in [6.07, 6.45) is 0.157. The summed E-state index contributed by atoms with van der Waals surface area (Å²) in [5.41, 5.74) is 3.12. The monoisotopic (exact) mass is 739 g/mol. The van der Waals surface area contributed by atoms with Gasteiger partial charge in [-0.15, -0.1) is 0 Å². The van der Waals surface area contributed by atoms with Crippen molar-refractivity contribution in [3.05, 3.63) is 117 Å². The van der Waals surface area contributed by atoms with E-state index in [0.29, 0.717) is 27.9 Å². The summed E-state index contributed by atoms with van der Waals surface area (Å²) >= 11 is 13.2. The van der Waals surface area contributed by atoms with Crippen molar-refractivity contribution >= 4 is 50.7 Å². The number of nitrogens with one attached hydrogen (secondary N) is 1. The number of hydrogen-bond donors (Lipinski definition) is 1. The Morgan fingerprint density at radius 2 is 1.44 bits per heavy atom. The molecule has 0 bridgehead atoms. The van der Waals surface area contributed by atoms with Crippen LogP contribution in [-0.2, 0) is 32.6 Å². The Labute approximate surface area is 305 Å². The number of benzene rings is 4. The van der Waals surface area contributed by atoms with Gasteiger partial charge in [-0.3, -0.25) is 13.9 Å². The van der Waals surface area contributed by atoms with Crippen molar-refractivity contribution in [1.82, 2.24) is 10.2 Å². The number of hydrogen-bond acceptors (Lipinski definition) is 6. The number of sulfonamides is 1. The molecule has 9 nitrogen and oxygen atoms in total. The maximum Gasteiger partial charge on any atom is 0.264 e. The van der Waals surface area contributed by atoms with Gasteiger partial charge in [0.25, 0.3) is 10.0 Å². The van der Waals surface area contributed by atoms with E-state index in [2.05, 4.69) is 5.32 Å². The summed E-state index contributed by atoms with van der Waals surface area (Å²) in [7, 11) is -1.53. The molecule has 0 aromatic heterocycles. The number of halogens is 2. The Bertz CT molecular complexity index is 1880. The molecule has 0 saturated heterocycles. The molecule has 1 unspecified atom stereocenters. The van der Waals surface area contributed by atoms with E-state index in [1.165, 1.54) is 37.3 Å². The lowest BCUT2D eigenvalue weighted by Crippen LogP contribution is -2.53. The number of amides is 2. The predicted octanol–water partition coefficient (Wildman–Crippen LogP) is 7.24. The number of aryl methyl sites for hydroxylation is 2. The Balaban J connectivity index is 1.88. The molecule has 0 radical (unpaired) electrons. The van der Waals surface area contributed by atoms with Crippen molar-refractivity contribution in [3.8, 4) is 11.5 Å². The molecule has 0 aliphatic rings. The third kappa shape index (κ3) is 9.50. The summed E-state index contributed by atoms with van der Waals surface area (Å²) < 4.78 is 40.9. The van der Waals surface area contributed by atoms with Crippen LogP contribution in [0.3, 0.4) is 0 Å². The van der Waals surface area contributed by atoms with Crippen molar-refractivity contribution in [1.29, 1.82) is 0 Å². The van der Waals surface area contributed by atoms with Crippen molar-refractivity contribution in [3.63, 3.8) is 0 Å². The van der Waals surface area contributed by atoms with Crippen LogP contribution in [0.1, 0.15) is 36.1 Å². The molecule has 4 aromatic carbocycles. The van der Waals surface area contributed by atoms with E-state index >= 15 is 0 Å². The van der Waals surface area contributed by atoms with E-state index in [0.717, 1.165) is 21.0 Å². The average Bonchev–Trinajstić information content (AvgIpc) is 3.08. The van der Waals surface area contributed by atoms with Gasteiger partial charge in [0.2, 0.25) is 11.8 Å². The molecule has 12 heteroatoms. The minimum atomic E-state index is -4.39. The highest BCUT2D eigenvalue weighted by Gasteiger charge is 2.35. The predicted molar refractivity (Wildman–Crippen MR) is 199 cm³/mol. The van der Waals surface area contributed by atoms with Gasteiger partial charge in [0.15, 0.2) is 11.5 Å². The zero-order chi connectivity index (χ0) is 36.6. The Hall–Kier alpha value is -4.25. The van der Waals surface area contributed by atoms with Gasteiger partial charge in [-0.25, -0.2) is 8.42 Å². The van der Waals surface area contributed by atoms with Crippen molar-refractivity contribution in [2.45, 2.75) is 51.6 Å². The molecule has 1 atom stereocenters. The van der Waals surface area contributed by atoms with Crippen LogP contribution in [0.25, 0.3) is 0 Å². The van der Waals surface area contributed by atoms with E-state index in [4.69, 9.17) is 32.7 Å². The molecular weight excluding hydrogens is 697 g/mol. The average molecular weight is 741 g/mol. The SMILES string of the molecule is COc1ccc(S(=O)(=O)N(CC(=O)N(Cc2c(Cl)cccc2Cl)C(Cc2ccccc2)C(=O)NCC(C)C)c2cc(C)cc(C)c2)cc1OC. The second-order valence-corrected chi connectivity index (χ2v) is 15.1. The fraction of sp³-hybridized carbons (Fsp3) is 0.316. The largest absolute Gasteiger partial charge is 0.493 e. The van der Waals surface area contributed by atoms with E-state index < -0.39 is 28.5 Å². The van der Waals surface area contributed by atoms with Crippen molar-refractivity contribution in [2.24, 2.45) is 5.92 Å². The van der Waals surface area contributed by atoms with Gasteiger partial charge in [0.05, 0.1) is 24.8 Å². The third-order valence-corrected chi connectivity index (χ3v) is 10.5. The summed E-state index contributed by atoms with van der Waals surface area (Å²) in [6.45, 7) is 7.23. The minimum Gasteiger partial charge on any atom is -0.493 e. The van der Waals surface area contributed by atoms with Gasteiger partial charge in [-0.05, 0) is 72.9 Å². The highest BCUT2D eigenvalue weighted by atomic mass is 35.5. The topological polar surface area (TPSA) is 105 Å². The molecule has 50 heavy (non-hydrogen) atoms. The number of nitrogens with zero attached hydrogens (tertiary/aromatic N) is 2. The summed E-state index contributed by atoms with van der Waals surface area (Å²) in [6, 6.07) is 22.8. The second-order valence-electron chi connectivity index (χ2n) is 12.4. The molecule has 0 aliphatic carbocycles. The quantitative estimate of drug-likeness (QED) is 0.138. The van der Waals surface area contributed by atoms with Gasteiger partial charge in [-0.2, -0.15) is 0 Å². The smallest absolute Gasteiger partial charge is 0.264 e. The molecule has 1 N–H and O–H groups in total. The fourth-order valence-electron chi connectivity index (χ4n) is 5.56. The zero-order valence-electron chi connectivity index (χ0n) is 29.1. The van der Waals surface area contributed by atoms with Gasteiger partial charge in [0, 0.05) is 41.2 Å². The molecule has 2 amide bonds. The Morgan fingerprint density at radius 1 is 0.820 bits per heavy atom. The second kappa shape index (κ2) is 17.1. The van der Waals surface area contributed by atoms with Crippen LogP contribution in [0.2, 0.25) is 10.0 Å². The lowest BCUT2D eigenvalue weighted by atomic mass is 10.0. The lowest BCUT2D eigenvalue weighted by Gasteiger charge is -2.34. The number of anilines is 1. The molecule has 0 fully saturated rings. The molecule has 0 aliphatic heterocycles. The molecule has 266 valence electrons.